The number of hydrogen-bond donors (Lipinski definition) is 0. The molecule has 5 atom stereocenters. The van der Waals surface area contributed by atoms with Gasteiger partial charge in [0, 0.05) is 0 Å². The highest BCUT2D eigenvalue weighted by Crippen LogP contribution is 2.63. The second-order valence-corrected chi connectivity index (χ2v) is 6.08. The van der Waals surface area contributed by atoms with Crippen LogP contribution in [0.15, 0.2) is 0 Å². The number of hydrogen-bond acceptors (Lipinski definition) is 0. The fourth-order valence-corrected chi connectivity index (χ4v) is 3.47. The van der Waals surface area contributed by atoms with Gasteiger partial charge in [0.15, 0.2) is 0 Å². The first-order valence-corrected chi connectivity index (χ1v) is 7.01. The molecule has 0 radical (unpaired) electrons. The van der Waals surface area contributed by atoms with E-state index < -0.39 is 0 Å². The van der Waals surface area contributed by atoms with Gasteiger partial charge >= 0.3 is 0 Å². The molecule has 0 amide bonds. The Morgan fingerprint density at radius 2 is 1.67 bits per heavy atom. The molecule has 0 aromatic heterocycles. The van der Waals surface area contributed by atoms with E-state index in [0.29, 0.717) is 5.41 Å². The van der Waals surface area contributed by atoms with Crippen molar-refractivity contribution in [2.24, 2.45) is 29.1 Å². The highest BCUT2D eigenvalue weighted by atomic mass is 14.6. The monoisotopic (exact) mass is 210 g/mol. The molecule has 5 unspecified atom stereocenters. The Kier molecular flexibility index (Phi) is 4.26. The van der Waals surface area contributed by atoms with Gasteiger partial charge in [-0.3, -0.25) is 0 Å². The molecule has 90 valence electrons. The van der Waals surface area contributed by atoms with Gasteiger partial charge in [0.2, 0.25) is 0 Å². The van der Waals surface area contributed by atoms with Crippen molar-refractivity contribution in [2.45, 2.75) is 67.2 Å². The van der Waals surface area contributed by atoms with E-state index in [1.807, 2.05) is 0 Å². The van der Waals surface area contributed by atoms with E-state index in [0.717, 1.165) is 23.7 Å². The third-order valence-corrected chi connectivity index (χ3v) is 5.45. The van der Waals surface area contributed by atoms with Crippen molar-refractivity contribution in [3.8, 4) is 0 Å². The molecule has 1 aliphatic rings. The summed E-state index contributed by atoms with van der Waals surface area (Å²) < 4.78 is 0. The molecule has 1 saturated carbocycles. The number of rotatable bonds is 6. The van der Waals surface area contributed by atoms with E-state index in [-0.39, 0.29) is 0 Å². The molecule has 1 aliphatic carbocycles. The van der Waals surface area contributed by atoms with Crippen molar-refractivity contribution >= 4 is 0 Å². The summed E-state index contributed by atoms with van der Waals surface area (Å²) in [5, 5.41) is 0. The zero-order valence-corrected chi connectivity index (χ0v) is 11.6. The largest absolute Gasteiger partial charge is 0.0651 e. The summed E-state index contributed by atoms with van der Waals surface area (Å²) in [4.78, 5) is 0. The third-order valence-electron chi connectivity index (χ3n) is 5.45. The first-order chi connectivity index (χ1) is 7.01. The minimum atomic E-state index is 0.679. The van der Waals surface area contributed by atoms with Crippen molar-refractivity contribution in [2.75, 3.05) is 0 Å². The minimum Gasteiger partial charge on any atom is -0.0651 e. The molecule has 0 N–H and O–H groups in total. The lowest BCUT2D eigenvalue weighted by atomic mass is 9.78. The second-order valence-electron chi connectivity index (χ2n) is 6.08. The maximum Gasteiger partial charge on any atom is -0.0266 e. The van der Waals surface area contributed by atoms with Gasteiger partial charge in [0.05, 0.1) is 0 Å². The standard InChI is InChI=1S/C15H30/c1-7-11(4)13(9-3)14-10-15(14,6)12(5)8-2/h11-14H,7-10H2,1-6H3. The first kappa shape index (κ1) is 13.1. The summed E-state index contributed by atoms with van der Waals surface area (Å²) in [6.07, 6.45) is 5.58. The zero-order chi connectivity index (χ0) is 11.6. The summed E-state index contributed by atoms with van der Waals surface area (Å²) in [5.41, 5.74) is 0.679. The second kappa shape index (κ2) is 4.89. The first-order valence-electron chi connectivity index (χ1n) is 7.01. The quantitative estimate of drug-likeness (QED) is 0.570. The predicted octanol–water partition coefficient (Wildman–Crippen LogP) is 5.13. The Hall–Kier alpha value is 0. The summed E-state index contributed by atoms with van der Waals surface area (Å²) in [7, 11) is 0. The van der Waals surface area contributed by atoms with E-state index >= 15 is 0 Å². The smallest absolute Gasteiger partial charge is 0.0266 e. The zero-order valence-electron chi connectivity index (χ0n) is 11.6. The van der Waals surface area contributed by atoms with Crippen LogP contribution in [0.4, 0.5) is 0 Å². The maximum absolute atomic E-state index is 2.52. The van der Waals surface area contributed by atoms with E-state index in [1.165, 1.54) is 25.7 Å². The summed E-state index contributed by atoms with van der Waals surface area (Å²) >= 11 is 0. The van der Waals surface area contributed by atoms with Crippen LogP contribution in [-0.4, -0.2) is 0 Å². The van der Waals surface area contributed by atoms with Gasteiger partial charge in [-0.1, -0.05) is 60.8 Å². The maximum atomic E-state index is 2.52. The van der Waals surface area contributed by atoms with Gasteiger partial charge in [0.25, 0.3) is 0 Å². The molecule has 0 aliphatic heterocycles. The van der Waals surface area contributed by atoms with Crippen LogP contribution in [0.2, 0.25) is 0 Å². The molecule has 0 saturated heterocycles. The molecular weight excluding hydrogens is 180 g/mol. The molecule has 1 fully saturated rings. The van der Waals surface area contributed by atoms with Crippen LogP contribution in [0.5, 0.6) is 0 Å². The Balaban J connectivity index is 2.60. The van der Waals surface area contributed by atoms with Gasteiger partial charge in [-0.2, -0.15) is 0 Å². The average molecular weight is 210 g/mol. The Morgan fingerprint density at radius 1 is 1.07 bits per heavy atom. The van der Waals surface area contributed by atoms with Crippen molar-refractivity contribution < 1.29 is 0 Å². The fourth-order valence-electron chi connectivity index (χ4n) is 3.47. The lowest BCUT2D eigenvalue weighted by molar-refractivity contribution is 0.223. The van der Waals surface area contributed by atoms with Crippen molar-refractivity contribution in [1.82, 2.24) is 0 Å². The lowest BCUT2D eigenvalue weighted by Gasteiger charge is -2.27. The Morgan fingerprint density at radius 3 is 2.07 bits per heavy atom. The third kappa shape index (κ3) is 2.40. The van der Waals surface area contributed by atoms with Crippen molar-refractivity contribution in [3.63, 3.8) is 0 Å². The molecule has 0 heteroatoms. The highest BCUT2D eigenvalue weighted by Gasteiger charge is 2.55. The van der Waals surface area contributed by atoms with Crippen LogP contribution in [0, 0.1) is 29.1 Å². The molecule has 15 heavy (non-hydrogen) atoms. The minimum absolute atomic E-state index is 0.679. The average Bonchev–Trinajstić information content (AvgIpc) is 2.91. The normalized spacial score (nSPS) is 36.0. The summed E-state index contributed by atoms with van der Waals surface area (Å²) in [5.74, 6) is 3.84. The molecular formula is C15H30. The van der Waals surface area contributed by atoms with Crippen LogP contribution in [0.3, 0.4) is 0 Å². The lowest BCUT2D eigenvalue weighted by Crippen LogP contribution is -2.19. The molecule has 0 aromatic carbocycles. The summed E-state index contributed by atoms with van der Waals surface area (Å²) in [6.45, 7) is 14.5. The topological polar surface area (TPSA) is 0 Å². The van der Waals surface area contributed by atoms with Crippen LogP contribution >= 0.6 is 0 Å². The molecule has 0 nitrogen and oxygen atoms in total. The van der Waals surface area contributed by atoms with Gasteiger partial charge < -0.3 is 0 Å². The molecule has 0 heterocycles. The SMILES string of the molecule is CCC(C)C(CC)C1CC1(C)C(C)CC. The van der Waals surface area contributed by atoms with Crippen LogP contribution in [-0.2, 0) is 0 Å². The van der Waals surface area contributed by atoms with Gasteiger partial charge in [0.1, 0.15) is 0 Å². The Bertz CT molecular complexity index is 196. The molecule has 0 aromatic rings. The van der Waals surface area contributed by atoms with Gasteiger partial charge in [-0.05, 0) is 35.5 Å². The van der Waals surface area contributed by atoms with E-state index in [1.54, 1.807) is 0 Å². The molecule has 1 rings (SSSR count). The van der Waals surface area contributed by atoms with E-state index in [9.17, 15) is 0 Å². The molecule has 0 bridgehead atoms. The van der Waals surface area contributed by atoms with Crippen LogP contribution in [0.25, 0.3) is 0 Å². The predicted molar refractivity (Wildman–Crippen MR) is 68.9 cm³/mol. The highest BCUT2D eigenvalue weighted by molar-refractivity contribution is 5.04. The Labute approximate surface area is 96.8 Å². The van der Waals surface area contributed by atoms with Crippen molar-refractivity contribution in [3.05, 3.63) is 0 Å². The van der Waals surface area contributed by atoms with Crippen LogP contribution < -0.4 is 0 Å². The molecule has 0 spiro atoms. The van der Waals surface area contributed by atoms with Crippen LogP contribution in [0.1, 0.15) is 67.2 Å². The van der Waals surface area contributed by atoms with Gasteiger partial charge in [-0.25, -0.2) is 0 Å². The fraction of sp³-hybridized carbons (Fsp3) is 1.00. The summed E-state index contributed by atoms with van der Waals surface area (Å²) in [6, 6.07) is 0. The van der Waals surface area contributed by atoms with Gasteiger partial charge in [-0.15, -0.1) is 0 Å². The van der Waals surface area contributed by atoms with E-state index in [4.69, 9.17) is 0 Å². The van der Waals surface area contributed by atoms with E-state index in [2.05, 4.69) is 41.5 Å². The van der Waals surface area contributed by atoms with Crippen molar-refractivity contribution in [1.29, 1.82) is 0 Å².